The molecule has 2 heteroatoms. The van der Waals surface area contributed by atoms with Gasteiger partial charge < -0.3 is 5.32 Å². The standard InChI is InChI=1S/C7H13NS/c1-4-6(2)5-7(9)8-3/h4,6H,1,5H2,2-3H3,(H,8,9). The molecule has 52 valence electrons. The van der Waals surface area contributed by atoms with E-state index in [0.717, 1.165) is 11.4 Å². The third kappa shape index (κ3) is 4.15. The Morgan fingerprint density at radius 1 is 1.89 bits per heavy atom. The molecule has 0 aromatic rings. The highest BCUT2D eigenvalue weighted by Crippen LogP contribution is 2.01. The molecule has 1 atom stereocenters. The number of hydrogen-bond donors (Lipinski definition) is 1. The molecule has 0 radical (unpaired) electrons. The van der Waals surface area contributed by atoms with Crippen LogP contribution in [0.5, 0.6) is 0 Å². The van der Waals surface area contributed by atoms with Crippen molar-refractivity contribution in [2.24, 2.45) is 5.92 Å². The largest absolute Gasteiger partial charge is 0.383 e. The van der Waals surface area contributed by atoms with Crippen LogP contribution in [0.2, 0.25) is 0 Å². The topological polar surface area (TPSA) is 12.0 Å². The van der Waals surface area contributed by atoms with Crippen LogP contribution in [-0.4, -0.2) is 12.0 Å². The Kier molecular flexibility index (Phi) is 4.32. The fraction of sp³-hybridized carbons (Fsp3) is 0.571. The minimum atomic E-state index is 0.491. The van der Waals surface area contributed by atoms with Crippen molar-refractivity contribution < 1.29 is 0 Å². The molecule has 0 spiro atoms. The van der Waals surface area contributed by atoms with E-state index >= 15 is 0 Å². The first-order valence-electron chi connectivity index (χ1n) is 3.03. The van der Waals surface area contributed by atoms with E-state index in [1.165, 1.54) is 0 Å². The fourth-order valence-corrected chi connectivity index (χ4v) is 0.741. The monoisotopic (exact) mass is 143 g/mol. The fourth-order valence-electron chi connectivity index (χ4n) is 0.478. The van der Waals surface area contributed by atoms with Crippen LogP contribution in [0.4, 0.5) is 0 Å². The number of nitrogens with one attached hydrogen (secondary N) is 1. The average Bonchev–Trinajstić information content (AvgIpc) is 1.87. The van der Waals surface area contributed by atoms with Crippen molar-refractivity contribution in [2.75, 3.05) is 7.05 Å². The average molecular weight is 143 g/mol. The second-order valence-corrected chi connectivity index (χ2v) is 2.58. The second kappa shape index (κ2) is 4.50. The molecule has 0 aromatic heterocycles. The van der Waals surface area contributed by atoms with Crippen molar-refractivity contribution in [3.8, 4) is 0 Å². The SMILES string of the molecule is C=CC(C)CC(=S)NC. The lowest BCUT2D eigenvalue weighted by Crippen LogP contribution is -2.17. The summed E-state index contributed by atoms with van der Waals surface area (Å²) in [6.45, 7) is 5.75. The van der Waals surface area contributed by atoms with E-state index in [4.69, 9.17) is 12.2 Å². The van der Waals surface area contributed by atoms with E-state index in [0.29, 0.717) is 5.92 Å². The molecule has 9 heavy (non-hydrogen) atoms. The van der Waals surface area contributed by atoms with Crippen LogP contribution in [0.25, 0.3) is 0 Å². The highest BCUT2D eigenvalue weighted by Gasteiger charge is 1.97. The van der Waals surface area contributed by atoms with Gasteiger partial charge in [-0.15, -0.1) is 6.58 Å². The van der Waals surface area contributed by atoms with Gasteiger partial charge in [-0.3, -0.25) is 0 Å². The summed E-state index contributed by atoms with van der Waals surface area (Å²) >= 11 is 4.94. The van der Waals surface area contributed by atoms with Gasteiger partial charge in [-0.25, -0.2) is 0 Å². The number of hydrogen-bond acceptors (Lipinski definition) is 1. The Hall–Kier alpha value is -0.370. The van der Waals surface area contributed by atoms with E-state index in [2.05, 4.69) is 18.8 Å². The van der Waals surface area contributed by atoms with Crippen LogP contribution in [0.1, 0.15) is 13.3 Å². The van der Waals surface area contributed by atoms with Gasteiger partial charge in [-0.05, 0) is 5.92 Å². The summed E-state index contributed by atoms with van der Waals surface area (Å²) in [7, 11) is 1.85. The van der Waals surface area contributed by atoms with Gasteiger partial charge in [0, 0.05) is 13.5 Å². The summed E-state index contributed by atoms with van der Waals surface area (Å²) in [6.07, 6.45) is 2.82. The normalized spacial score (nSPS) is 12.2. The zero-order valence-electron chi connectivity index (χ0n) is 5.98. The Morgan fingerprint density at radius 2 is 2.44 bits per heavy atom. The number of allylic oxidation sites excluding steroid dienone is 1. The first kappa shape index (κ1) is 8.63. The van der Waals surface area contributed by atoms with Crippen molar-refractivity contribution in [3.05, 3.63) is 12.7 Å². The summed E-state index contributed by atoms with van der Waals surface area (Å²) in [4.78, 5) is 0.905. The second-order valence-electron chi connectivity index (χ2n) is 2.09. The van der Waals surface area contributed by atoms with E-state index in [9.17, 15) is 0 Å². The van der Waals surface area contributed by atoms with Crippen LogP contribution in [-0.2, 0) is 0 Å². The van der Waals surface area contributed by atoms with Crippen LogP contribution < -0.4 is 5.32 Å². The lowest BCUT2D eigenvalue weighted by atomic mass is 10.1. The molecule has 0 aromatic carbocycles. The summed E-state index contributed by atoms with van der Waals surface area (Å²) < 4.78 is 0. The Balaban J connectivity index is 3.46. The summed E-state index contributed by atoms with van der Waals surface area (Å²) in [6, 6.07) is 0. The maximum absolute atomic E-state index is 4.94. The summed E-state index contributed by atoms with van der Waals surface area (Å²) in [5.74, 6) is 0.491. The van der Waals surface area contributed by atoms with Gasteiger partial charge in [0.1, 0.15) is 0 Å². The van der Waals surface area contributed by atoms with E-state index < -0.39 is 0 Å². The minimum absolute atomic E-state index is 0.491. The van der Waals surface area contributed by atoms with Crippen molar-refractivity contribution in [3.63, 3.8) is 0 Å². The van der Waals surface area contributed by atoms with Crippen molar-refractivity contribution in [1.82, 2.24) is 5.32 Å². The third-order valence-electron chi connectivity index (χ3n) is 1.19. The van der Waals surface area contributed by atoms with E-state index in [-0.39, 0.29) is 0 Å². The minimum Gasteiger partial charge on any atom is -0.383 e. The predicted octanol–water partition coefficient (Wildman–Crippen LogP) is 1.75. The Bertz CT molecular complexity index is 109. The molecular weight excluding hydrogens is 130 g/mol. The summed E-state index contributed by atoms with van der Waals surface area (Å²) in [5.41, 5.74) is 0. The van der Waals surface area contributed by atoms with E-state index in [1.54, 1.807) is 0 Å². The first-order valence-corrected chi connectivity index (χ1v) is 3.44. The van der Waals surface area contributed by atoms with Crippen LogP contribution in [0.3, 0.4) is 0 Å². The first-order chi connectivity index (χ1) is 4.20. The zero-order valence-corrected chi connectivity index (χ0v) is 6.79. The molecule has 1 nitrogen and oxygen atoms in total. The highest BCUT2D eigenvalue weighted by molar-refractivity contribution is 7.80. The van der Waals surface area contributed by atoms with Crippen molar-refractivity contribution in [2.45, 2.75) is 13.3 Å². The lowest BCUT2D eigenvalue weighted by molar-refractivity contribution is 0.763. The molecule has 0 heterocycles. The summed E-state index contributed by atoms with van der Waals surface area (Å²) in [5, 5.41) is 2.91. The zero-order chi connectivity index (χ0) is 7.28. The molecule has 0 fully saturated rings. The highest BCUT2D eigenvalue weighted by atomic mass is 32.1. The van der Waals surface area contributed by atoms with Gasteiger partial charge in [0.2, 0.25) is 0 Å². The van der Waals surface area contributed by atoms with Gasteiger partial charge in [0.05, 0.1) is 4.99 Å². The Labute approximate surface area is 62.1 Å². The van der Waals surface area contributed by atoms with Crippen molar-refractivity contribution in [1.29, 1.82) is 0 Å². The van der Waals surface area contributed by atoms with Gasteiger partial charge in [-0.2, -0.15) is 0 Å². The Morgan fingerprint density at radius 3 is 2.78 bits per heavy atom. The van der Waals surface area contributed by atoms with Crippen molar-refractivity contribution >= 4 is 17.2 Å². The van der Waals surface area contributed by atoms with Gasteiger partial charge in [-0.1, -0.05) is 25.2 Å². The predicted molar refractivity (Wildman–Crippen MR) is 45.6 cm³/mol. The van der Waals surface area contributed by atoms with Crippen LogP contribution >= 0.6 is 12.2 Å². The maximum atomic E-state index is 4.94. The third-order valence-corrected chi connectivity index (χ3v) is 1.56. The molecule has 0 saturated carbocycles. The van der Waals surface area contributed by atoms with Crippen LogP contribution in [0.15, 0.2) is 12.7 Å². The molecule has 0 saturated heterocycles. The quantitative estimate of drug-likeness (QED) is 0.477. The molecule has 1 N–H and O–H groups in total. The van der Waals surface area contributed by atoms with E-state index in [1.807, 2.05) is 13.1 Å². The molecule has 0 aliphatic rings. The molecule has 0 rings (SSSR count). The molecule has 0 aliphatic carbocycles. The van der Waals surface area contributed by atoms with Gasteiger partial charge in [0.25, 0.3) is 0 Å². The molecule has 0 aliphatic heterocycles. The molecule has 0 amide bonds. The van der Waals surface area contributed by atoms with Gasteiger partial charge >= 0.3 is 0 Å². The molecule has 1 unspecified atom stereocenters. The van der Waals surface area contributed by atoms with Crippen LogP contribution in [0, 0.1) is 5.92 Å². The lowest BCUT2D eigenvalue weighted by Gasteiger charge is -2.05. The molecule has 0 bridgehead atoms. The molecular formula is C7H13NS. The number of thiocarbonyl (C=S) groups is 1. The number of rotatable bonds is 3. The van der Waals surface area contributed by atoms with Gasteiger partial charge in [0.15, 0.2) is 0 Å². The maximum Gasteiger partial charge on any atom is 0.0756 e. The smallest absolute Gasteiger partial charge is 0.0756 e.